The molecule has 2 rings (SSSR count). The Balaban J connectivity index is 1.96. The second kappa shape index (κ2) is 5.27. The van der Waals surface area contributed by atoms with Gasteiger partial charge in [0.05, 0.1) is 0 Å². The minimum absolute atomic E-state index is 0.758. The molecule has 0 saturated carbocycles. The monoisotopic (exact) mass is 220 g/mol. The minimum atomic E-state index is 0.758. The average Bonchev–Trinajstić information content (AvgIpc) is 2.31. The molecule has 0 aliphatic carbocycles. The second-order valence-corrected chi connectivity index (χ2v) is 4.28. The van der Waals surface area contributed by atoms with Gasteiger partial charge in [-0.3, -0.25) is 9.88 Å². The molecule has 0 unspecified atom stereocenters. The lowest BCUT2D eigenvalue weighted by molar-refractivity contribution is 0.265. The summed E-state index contributed by atoms with van der Waals surface area (Å²) in [6, 6.07) is 2.11. The summed E-state index contributed by atoms with van der Waals surface area (Å²) in [5.41, 5.74) is 8.15. The van der Waals surface area contributed by atoms with Gasteiger partial charge in [-0.25, -0.2) is 0 Å². The highest BCUT2D eigenvalue weighted by Crippen LogP contribution is 2.19. The van der Waals surface area contributed by atoms with Crippen molar-refractivity contribution < 1.29 is 0 Å². The number of rotatable bonds is 3. The van der Waals surface area contributed by atoms with Crippen LogP contribution >= 0.6 is 0 Å². The topological polar surface area (TPSA) is 45.4 Å². The molecule has 0 radical (unpaired) electrons. The van der Waals surface area contributed by atoms with Gasteiger partial charge in [0.25, 0.3) is 0 Å². The molecule has 0 amide bonds. The summed E-state index contributed by atoms with van der Waals surface area (Å²) in [6.45, 7) is 8.29. The first-order chi connectivity index (χ1) is 7.81. The molecular formula is C12H20N4. The number of hydrogen-bond donors (Lipinski definition) is 1. The van der Waals surface area contributed by atoms with Crippen LogP contribution in [0.4, 0.5) is 5.69 Å². The molecule has 88 valence electrons. The third kappa shape index (κ3) is 2.51. The number of hydrogen-bond acceptors (Lipinski definition) is 4. The summed E-state index contributed by atoms with van der Waals surface area (Å²) in [5.74, 6) is 0. The van der Waals surface area contributed by atoms with Crippen LogP contribution in [0.2, 0.25) is 0 Å². The van der Waals surface area contributed by atoms with E-state index in [1.807, 2.05) is 12.4 Å². The van der Waals surface area contributed by atoms with Gasteiger partial charge < -0.3 is 10.6 Å². The van der Waals surface area contributed by atoms with E-state index in [-0.39, 0.29) is 0 Å². The van der Waals surface area contributed by atoms with Gasteiger partial charge in [0.15, 0.2) is 0 Å². The number of nitrogens with two attached hydrogens (primary N) is 1. The largest absolute Gasteiger partial charge is 0.369 e. The van der Waals surface area contributed by atoms with E-state index >= 15 is 0 Å². The van der Waals surface area contributed by atoms with Crippen molar-refractivity contribution in [3.63, 3.8) is 0 Å². The van der Waals surface area contributed by atoms with Gasteiger partial charge in [-0.1, -0.05) is 0 Å². The third-order valence-corrected chi connectivity index (χ3v) is 3.15. The van der Waals surface area contributed by atoms with Gasteiger partial charge in [-0.15, -0.1) is 0 Å². The Labute approximate surface area is 97.1 Å². The fourth-order valence-electron chi connectivity index (χ4n) is 2.22. The van der Waals surface area contributed by atoms with E-state index in [0.717, 1.165) is 39.3 Å². The van der Waals surface area contributed by atoms with Crippen LogP contribution in [0.1, 0.15) is 5.56 Å². The Hall–Kier alpha value is -1.13. The molecule has 1 aromatic heterocycles. The highest BCUT2D eigenvalue weighted by molar-refractivity contribution is 5.51. The molecule has 1 aliphatic rings. The number of piperazine rings is 1. The first kappa shape index (κ1) is 11.4. The fraction of sp³-hybridized carbons (Fsp3) is 0.583. The lowest BCUT2D eigenvalue weighted by Crippen LogP contribution is -2.48. The zero-order valence-electron chi connectivity index (χ0n) is 9.89. The molecule has 4 heteroatoms. The first-order valence-electron chi connectivity index (χ1n) is 5.89. The Bertz CT molecular complexity index is 332. The van der Waals surface area contributed by atoms with Crippen molar-refractivity contribution >= 4 is 5.69 Å². The van der Waals surface area contributed by atoms with E-state index in [0.29, 0.717) is 0 Å². The predicted octanol–water partition coefficient (Wildman–Crippen LogP) is 0.471. The average molecular weight is 220 g/mol. The van der Waals surface area contributed by atoms with Gasteiger partial charge in [-0.05, 0) is 18.6 Å². The highest BCUT2D eigenvalue weighted by atomic mass is 15.3. The van der Waals surface area contributed by atoms with E-state index in [9.17, 15) is 0 Å². The molecule has 0 aromatic carbocycles. The quantitative estimate of drug-likeness (QED) is 0.804. The maximum atomic E-state index is 5.57. The van der Waals surface area contributed by atoms with E-state index in [4.69, 9.17) is 5.73 Å². The van der Waals surface area contributed by atoms with Crippen molar-refractivity contribution in [2.45, 2.75) is 6.92 Å². The van der Waals surface area contributed by atoms with Crippen LogP contribution < -0.4 is 10.6 Å². The highest BCUT2D eigenvalue weighted by Gasteiger charge is 2.17. The van der Waals surface area contributed by atoms with Crippen LogP contribution in [0.5, 0.6) is 0 Å². The number of pyridine rings is 1. The van der Waals surface area contributed by atoms with Crippen molar-refractivity contribution in [3.8, 4) is 0 Å². The molecule has 1 fully saturated rings. The summed E-state index contributed by atoms with van der Waals surface area (Å²) < 4.78 is 0. The molecule has 1 saturated heterocycles. The van der Waals surface area contributed by atoms with Crippen LogP contribution in [0, 0.1) is 6.92 Å². The smallest absolute Gasteiger partial charge is 0.0427 e. The Morgan fingerprint density at radius 3 is 2.69 bits per heavy atom. The molecule has 4 nitrogen and oxygen atoms in total. The Kier molecular flexibility index (Phi) is 3.74. The standard InChI is InChI=1S/C12H20N4/c1-11-10-14-4-2-12(11)16-8-6-15(5-3-13)7-9-16/h2,4,10H,3,5-9,13H2,1H3. The first-order valence-corrected chi connectivity index (χ1v) is 5.89. The van der Waals surface area contributed by atoms with Crippen LogP contribution in [0.3, 0.4) is 0 Å². The molecule has 1 aromatic rings. The molecule has 0 bridgehead atoms. The Morgan fingerprint density at radius 2 is 2.06 bits per heavy atom. The molecule has 2 N–H and O–H groups in total. The summed E-state index contributed by atoms with van der Waals surface area (Å²) in [6.07, 6.45) is 3.80. The predicted molar refractivity (Wildman–Crippen MR) is 66.7 cm³/mol. The van der Waals surface area contributed by atoms with Crippen molar-refractivity contribution in [1.29, 1.82) is 0 Å². The van der Waals surface area contributed by atoms with Crippen molar-refractivity contribution in [2.24, 2.45) is 5.73 Å². The van der Waals surface area contributed by atoms with E-state index in [2.05, 4.69) is 27.8 Å². The van der Waals surface area contributed by atoms with Crippen molar-refractivity contribution in [1.82, 2.24) is 9.88 Å². The SMILES string of the molecule is Cc1cnccc1N1CCN(CCN)CC1. The third-order valence-electron chi connectivity index (χ3n) is 3.15. The normalized spacial score (nSPS) is 17.8. The summed E-state index contributed by atoms with van der Waals surface area (Å²) >= 11 is 0. The number of aryl methyl sites for hydroxylation is 1. The van der Waals surface area contributed by atoms with Crippen LogP contribution in [-0.4, -0.2) is 49.2 Å². The van der Waals surface area contributed by atoms with E-state index < -0.39 is 0 Å². The Morgan fingerprint density at radius 1 is 1.31 bits per heavy atom. The van der Waals surface area contributed by atoms with E-state index in [1.54, 1.807) is 0 Å². The van der Waals surface area contributed by atoms with Gasteiger partial charge in [0, 0.05) is 57.3 Å². The van der Waals surface area contributed by atoms with Crippen LogP contribution in [-0.2, 0) is 0 Å². The lowest BCUT2D eigenvalue weighted by atomic mass is 10.2. The van der Waals surface area contributed by atoms with Gasteiger partial charge >= 0.3 is 0 Å². The van der Waals surface area contributed by atoms with E-state index in [1.165, 1.54) is 11.3 Å². The lowest BCUT2D eigenvalue weighted by Gasteiger charge is -2.36. The number of aromatic nitrogens is 1. The summed E-state index contributed by atoms with van der Waals surface area (Å²) in [7, 11) is 0. The molecule has 16 heavy (non-hydrogen) atoms. The van der Waals surface area contributed by atoms with Gasteiger partial charge in [0.2, 0.25) is 0 Å². The van der Waals surface area contributed by atoms with Crippen molar-refractivity contribution in [3.05, 3.63) is 24.0 Å². The molecular weight excluding hydrogens is 200 g/mol. The van der Waals surface area contributed by atoms with Gasteiger partial charge in [-0.2, -0.15) is 0 Å². The molecule has 1 aliphatic heterocycles. The van der Waals surface area contributed by atoms with Crippen molar-refractivity contribution in [2.75, 3.05) is 44.2 Å². The summed E-state index contributed by atoms with van der Waals surface area (Å²) in [4.78, 5) is 8.99. The molecule has 0 spiro atoms. The van der Waals surface area contributed by atoms with Gasteiger partial charge in [0.1, 0.15) is 0 Å². The summed E-state index contributed by atoms with van der Waals surface area (Å²) in [5, 5.41) is 0. The maximum absolute atomic E-state index is 5.57. The van der Waals surface area contributed by atoms with Crippen LogP contribution in [0.15, 0.2) is 18.5 Å². The minimum Gasteiger partial charge on any atom is -0.369 e. The molecule has 0 atom stereocenters. The maximum Gasteiger partial charge on any atom is 0.0427 e. The fourth-order valence-corrected chi connectivity index (χ4v) is 2.22. The molecule has 2 heterocycles. The number of nitrogens with zero attached hydrogens (tertiary/aromatic N) is 3. The second-order valence-electron chi connectivity index (χ2n) is 4.28. The van der Waals surface area contributed by atoms with Crippen LogP contribution in [0.25, 0.3) is 0 Å². The zero-order chi connectivity index (χ0) is 11.4. The number of anilines is 1. The zero-order valence-corrected chi connectivity index (χ0v) is 9.89.